The molecule has 5 nitrogen and oxygen atoms in total. The number of aromatic nitrogens is 1. The Labute approximate surface area is 257 Å². The first-order valence-corrected chi connectivity index (χ1v) is 17.0. The van der Waals surface area contributed by atoms with E-state index in [9.17, 15) is 0 Å². The highest BCUT2D eigenvalue weighted by Gasteiger charge is 2.24. The van der Waals surface area contributed by atoms with Crippen molar-refractivity contribution in [3.8, 4) is 0 Å². The number of rotatable bonds is 22. The first kappa shape index (κ1) is 33.7. The summed E-state index contributed by atoms with van der Waals surface area (Å²) in [4.78, 5) is 5.22. The van der Waals surface area contributed by atoms with Gasteiger partial charge in [-0.05, 0) is 101 Å². The molecule has 0 amide bonds. The van der Waals surface area contributed by atoms with Gasteiger partial charge in [0.25, 0.3) is 0 Å². The van der Waals surface area contributed by atoms with Crippen LogP contribution in [0.25, 0.3) is 5.70 Å². The van der Waals surface area contributed by atoms with Gasteiger partial charge in [-0.25, -0.2) is 4.99 Å². The maximum Gasteiger partial charge on any atom is 0.138 e. The maximum absolute atomic E-state index is 5.22. The van der Waals surface area contributed by atoms with E-state index in [-0.39, 0.29) is 0 Å². The van der Waals surface area contributed by atoms with Gasteiger partial charge in [0, 0.05) is 30.5 Å². The zero-order valence-electron chi connectivity index (χ0n) is 27.3. The monoisotopic (exact) mass is 573 g/mol. The lowest BCUT2D eigenvalue weighted by Crippen LogP contribution is -2.27. The van der Waals surface area contributed by atoms with E-state index in [1.54, 1.807) is 0 Å². The Morgan fingerprint density at radius 2 is 1.60 bits per heavy atom. The number of nitrogens with one attached hydrogen (secondary N) is 3. The highest BCUT2D eigenvalue weighted by molar-refractivity contribution is 6.09. The maximum atomic E-state index is 5.22. The summed E-state index contributed by atoms with van der Waals surface area (Å²) >= 11 is 0. The van der Waals surface area contributed by atoms with E-state index in [4.69, 9.17) is 4.99 Å². The van der Waals surface area contributed by atoms with E-state index in [2.05, 4.69) is 85.8 Å². The van der Waals surface area contributed by atoms with Crippen molar-refractivity contribution in [2.75, 3.05) is 25.0 Å². The van der Waals surface area contributed by atoms with Crippen LogP contribution in [0, 0.1) is 0 Å². The summed E-state index contributed by atoms with van der Waals surface area (Å²) in [6.07, 6.45) is 19.0. The lowest BCUT2D eigenvalue weighted by atomic mass is 9.99. The summed E-state index contributed by atoms with van der Waals surface area (Å²) in [5, 5.41) is 10.9. The van der Waals surface area contributed by atoms with Crippen molar-refractivity contribution in [3.63, 3.8) is 0 Å². The molecule has 0 saturated carbocycles. The zero-order chi connectivity index (χ0) is 30.2. The molecule has 0 atom stereocenters. The van der Waals surface area contributed by atoms with Gasteiger partial charge in [-0.3, -0.25) is 0 Å². The van der Waals surface area contributed by atoms with Gasteiger partial charge in [-0.15, -0.1) is 0 Å². The number of anilines is 1. The summed E-state index contributed by atoms with van der Waals surface area (Å²) in [5.74, 6) is 0.932. The standard InChI is InChI=1S/C37H59N5/c1-7-11-13-14-19-29(5)20-17-25-38-24-15-16-26-39-33-23-22-31(21-12-8-2)34(27-33)37-40-30(6)36-35(41-37)32(18-9-3)28-42(36)10-4/h22-23,27-28,38-39H,5-21,24-26H2,1-4H3,(H,40,41). The number of aryl methyl sites for hydroxylation is 3. The fraction of sp³-hybridized carbons (Fsp3) is 0.595. The Morgan fingerprint density at radius 1 is 0.833 bits per heavy atom. The molecular formula is C37H59N5. The van der Waals surface area contributed by atoms with Crippen molar-refractivity contribution in [1.29, 1.82) is 0 Å². The third-order valence-corrected chi connectivity index (χ3v) is 8.31. The molecule has 0 radical (unpaired) electrons. The van der Waals surface area contributed by atoms with Crippen molar-refractivity contribution in [2.45, 2.75) is 124 Å². The molecule has 0 fully saturated rings. The molecule has 2 heterocycles. The van der Waals surface area contributed by atoms with Crippen molar-refractivity contribution in [1.82, 2.24) is 15.2 Å². The average Bonchev–Trinajstić information content (AvgIpc) is 3.35. The highest BCUT2D eigenvalue weighted by Crippen LogP contribution is 2.36. The topological polar surface area (TPSA) is 53.4 Å². The molecule has 0 saturated heterocycles. The predicted octanol–water partition coefficient (Wildman–Crippen LogP) is 9.54. The summed E-state index contributed by atoms with van der Waals surface area (Å²) in [6, 6.07) is 6.82. The molecule has 3 rings (SSSR count). The van der Waals surface area contributed by atoms with Gasteiger partial charge in [-0.1, -0.05) is 77.7 Å². The minimum absolute atomic E-state index is 0.920. The van der Waals surface area contributed by atoms with Gasteiger partial charge in [0.2, 0.25) is 0 Å². The third-order valence-electron chi connectivity index (χ3n) is 8.31. The second-order valence-electron chi connectivity index (χ2n) is 12.0. The van der Waals surface area contributed by atoms with Crippen LogP contribution >= 0.6 is 0 Å². The fourth-order valence-corrected chi connectivity index (χ4v) is 5.83. The molecule has 232 valence electrons. The molecular weight excluding hydrogens is 514 g/mol. The lowest BCUT2D eigenvalue weighted by Gasteiger charge is -2.22. The number of benzene rings is 1. The van der Waals surface area contributed by atoms with Crippen LogP contribution in [-0.2, 0) is 19.4 Å². The average molecular weight is 574 g/mol. The molecule has 1 aromatic heterocycles. The minimum Gasteiger partial charge on any atom is -0.385 e. The molecule has 0 unspecified atom stereocenters. The molecule has 2 aromatic rings. The van der Waals surface area contributed by atoms with Crippen LogP contribution in [0.4, 0.5) is 11.4 Å². The van der Waals surface area contributed by atoms with Gasteiger partial charge in [0.15, 0.2) is 0 Å². The van der Waals surface area contributed by atoms with E-state index >= 15 is 0 Å². The van der Waals surface area contributed by atoms with Crippen LogP contribution in [-0.4, -0.2) is 30.0 Å². The van der Waals surface area contributed by atoms with Crippen molar-refractivity contribution in [3.05, 3.63) is 65.5 Å². The molecule has 1 aromatic carbocycles. The van der Waals surface area contributed by atoms with Gasteiger partial charge >= 0.3 is 0 Å². The number of fused-ring (bicyclic) bond motifs is 1. The number of amidine groups is 1. The Hall–Kier alpha value is -2.79. The van der Waals surface area contributed by atoms with E-state index in [1.807, 2.05) is 0 Å². The SMILES string of the molecule is C=C(CCCCCC)CCCNCCCCNc1ccc(CCCC)c(C2=Nc3c(CCC)cn(CC)c3C(=C)N2)c1. The van der Waals surface area contributed by atoms with Gasteiger partial charge in [0.1, 0.15) is 5.84 Å². The molecule has 1 aliphatic rings. The van der Waals surface area contributed by atoms with E-state index in [1.165, 1.54) is 80.1 Å². The molecule has 5 heteroatoms. The number of nitrogens with zero attached hydrogens (tertiary/aromatic N) is 2. The number of unbranched alkanes of at least 4 members (excludes halogenated alkanes) is 5. The van der Waals surface area contributed by atoms with E-state index in [0.29, 0.717) is 0 Å². The second-order valence-corrected chi connectivity index (χ2v) is 12.0. The Balaban J connectivity index is 1.53. The fourth-order valence-electron chi connectivity index (χ4n) is 5.83. The minimum atomic E-state index is 0.920. The van der Waals surface area contributed by atoms with Crippen LogP contribution in [0.2, 0.25) is 0 Å². The van der Waals surface area contributed by atoms with Crippen molar-refractivity contribution >= 4 is 22.9 Å². The normalized spacial score (nSPS) is 12.7. The van der Waals surface area contributed by atoms with E-state index < -0.39 is 0 Å². The molecule has 0 bridgehead atoms. The van der Waals surface area contributed by atoms with Gasteiger partial charge in [-0.2, -0.15) is 0 Å². The quantitative estimate of drug-likeness (QED) is 0.0971. The molecule has 42 heavy (non-hydrogen) atoms. The van der Waals surface area contributed by atoms with Crippen LogP contribution in [0.5, 0.6) is 0 Å². The lowest BCUT2D eigenvalue weighted by molar-refractivity contribution is 0.599. The van der Waals surface area contributed by atoms with Gasteiger partial charge in [0.05, 0.1) is 17.1 Å². The largest absolute Gasteiger partial charge is 0.385 e. The first-order chi connectivity index (χ1) is 20.5. The smallest absolute Gasteiger partial charge is 0.138 e. The van der Waals surface area contributed by atoms with Crippen molar-refractivity contribution < 1.29 is 0 Å². The first-order valence-electron chi connectivity index (χ1n) is 17.0. The number of hydrogen-bond acceptors (Lipinski definition) is 4. The molecule has 0 aliphatic carbocycles. The van der Waals surface area contributed by atoms with Crippen LogP contribution in [0.3, 0.4) is 0 Å². The van der Waals surface area contributed by atoms with Crippen LogP contribution in [0.1, 0.15) is 127 Å². The Kier molecular flexibility index (Phi) is 15.0. The molecule has 3 N–H and O–H groups in total. The number of allylic oxidation sites excluding steroid dienone is 1. The van der Waals surface area contributed by atoms with Crippen LogP contribution in [0.15, 0.2) is 48.1 Å². The Morgan fingerprint density at radius 3 is 2.36 bits per heavy atom. The Bertz CT molecular complexity index is 1160. The second kappa shape index (κ2) is 18.7. The predicted molar refractivity (Wildman–Crippen MR) is 185 cm³/mol. The summed E-state index contributed by atoms with van der Waals surface area (Å²) in [5.41, 5.74) is 9.64. The van der Waals surface area contributed by atoms with Gasteiger partial charge < -0.3 is 20.5 Å². The van der Waals surface area contributed by atoms with E-state index in [0.717, 1.165) is 86.9 Å². The zero-order valence-corrected chi connectivity index (χ0v) is 27.3. The third kappa shape index (κ3) is 10.2. The van der Waals surface area contributed by atoms with Crippen molar-refractivity contribution in [2.24, 2.45) is 4.99 Å². The molecule has 0 spiro atoms. The number of aliphatic imine (C=N–C) groups is 1. The summed E-state index contributed by atoms with van der Waals surface area (Å²) in [7, 11) is 0. The number of hydrogen-bond donors (Lipinski definition) is 3. The molecule has 1 aliphatic heterocycles. The highest BCUT2D eigenvalue weighted by atomic mass is 15.1. The van der Waals surface area contributed by atoms with Crippen LogP contribution < -0.4 is 16.0 Å². The summed E-state index contributed by atoms with van der Waals surface area (Å²) in [6.45, 7) is 21.7. The summed E-state index contributed by atoms with van der Waals surface area (Å²) < 4.78 is 2.28.